The molecule has 0 aromatic heterocycles. The zero-order chi connectivity index (χ0) is 13.6. The van der Waals surface area contributed by atoms with Crippen molar-refractivity contribution in [3.05, 3.63) is 30.3 Å². The number of rotatable bonds is 6. The number of alkyl halides is 3. The van der Waals surface area contributed by atoms with Gasteiger partial charge in [0.2, 0.25) is 0 Å². The first kappa shape index (κ1) is 15.2. The summed E-state index contributed by atoms with van der Waals surface area (Å²) in [7, 11) is 0.453. The van der Waals surface area contributed by atoms with Gasteiger partial charge in [0.05, 0.1) is 17.2 Å². The molecule has 0 aliphatic rings. The quantitative estimate of drug-likeness (QED) is 0.798. The Balaban J connectivity index is 2.31. The molecule has 0 fully saturated rings. The van der Waals surface area contributed by atoms with E-state index in [1.807, 2.05) is 6.07 Å². The molecule has 0 N–H and O–H groups in total. The fraction of sp³-hybridized carbons (Fsp3) is 0.500. The molecule has 1 aromatic rings. The number of benzene rings is 1. The van der Waals surface area contributed by atoms with Crippen molar-refractivity contribution < 1.29 is 17.4 Å². The Bertz CT molecular complexity index is 381. The molecule has 1 atom stereocenters. The first-order valence-corrected chi connectivity index (χ1v) is 6.89. The van der Waals surface area contributed by atoms with E-state index in [1.165, 1.54) is 0 Å². The molecule has 1 unspecified atom stereocenters. The summed E-state index contributed by atoms with van der Waals surface area (Å²) >= 11 is 0. The minimum Gasteiger partial charge on any atom is -0.305 e. The minimum atomic E-state index is -4.13. The van der Waals surface area contributed by atoms with Crippen LogP contribution in [0.4, 0.5) is 13.2 Å². The summed E-state index contributed by atoms with van der Waals surface area (Å²) in [6.07, 6.45) is -4.96. The molecule has 102 valence electrons. The number of hydrogen-bond donors (Lipinski definition) is 0. The zero-order valence-corrected chi connectivity index (χ0v) is 10.9. The van der Waals surface area contributed by atoms with Crippen molar-refractivity contribution in [3.63, 3.8) is 0 Å². The van der Waals surface area contributed by atoms with E-state index >= 15 is 0 Å². The normalized spacial score (nSPS) is 13.8. The average molecular weight is 279 g/mol. The molecular formula is C12H16F3NOS. The van der Waals surface area contributed by atoms with E-state index < -0.39 is 23.4 Å². The van der Waals surface area contributed by atoms with E-state index in [2.05, 4.69) is 0 Å². The Labute approximate surface area is 107 Å². The fourth-order valence-electron chi connectivity index (χ4n) is 1.36. The van der Waals surface area contributed by atoms with Crippen molar-refractivity contribution in [1.29, 1.82) is 0 Å². The lowest BCUT2D eigenvalue weighted by Gasteiger charge is -2.17. The van der Waals surface area contributed by atoms with Crippen LogP contribution in [0.5, 0.6) is 0 Å². The van der Waals surface area contributed by atoms with Crippen LogP contribution >= 0.6 is 0 Å². The third-order valence-corrected chi connectivity index (χ3v) is 3.79. The Hall–Kier alpha value is -0.880. The minimum absolute atomic E-state index is 0.0600. The second-order valence-corrected chi connectivity index (χ2v) is 5.60. The van der Waals surface area contributed by atoms with Crippen LogP contribution in [0.2, 0.25) is 0 Å². The van der Waals surface area contributed by atoms with Crippen molar-refractivity contribution in [2.24, 2.45) is 0 Å². The predicted octanol–water partition coefficient (Wildman–Crippen LogP) is 2.68. The lowest BCUT2D eigenvalue weighted by Crippen LogP contribution is -2.28. The van der Waals surface area contributed by atoms with E-state index in [0.29, 0.717) is 17.2 Å². The van der Waals surface area contributed by atoms with Gasteiger partial charge in [-0.3, -0.25) is 4.21 Å². The first-order valence-electron chi connectivity index (χ1n) is 5.57. The van der Waals surface area contributed by atoms with E-state index in [0.717, 1.165) is 0 Å². The molecule has 2 nitrogen and oxygen atoms in total. The molecule has 0 aliphatic carbocycles. The molecule has 0 radical (unpaired) electrons. The maximum Gasteiger partial charge on any atom is 0.390 e. The van der Waals surface area contributed by atoms with Crippen molar-refractivity contribution in [2.75, 3.05) is 25.9 Å². The third-order valence-electron chi connectivity index (χ3n) is 2.44. The summed E-state index contributed by atoms with van der Waals surface area (Å²) in [6.45, 7) is 0.326. The maximum absolute atomic E-state index is 12.0. The number of nitrogens with zero attached hydrogens (tertiary/aromatic N) is 1. The van der Waals surface area contributed by atoms with Gasteiger partial charge in [-0.1, -0.05) is 18.2 Å². The number of halogens is 3. The molecule has 0 heterocycles. The van der Waals surface area contributed by atoms with Gasteiger partial charge in [-0.25, -0.2) is 0 Å². The highest BCUT2D eigenvalue weighted by Crippen LogP contribution is 2.19. The average Bonchev–Trinajstić information content (AvgIpc) is 2.33. The van der Waals surface area contributed by atoms with Crippen molar-refractivity contribution >= 4 is 10.8 Å². The van der Waals surface area contributed by atoms with Gasteiger partial charge in [0.15, 0.2) is 0 Å². The monoisotopic (exact) mass is 279 g/mol. The molecule has 0 saturated carbocycles. The molecule has 6 heteroatoms. The lowest BCUT2D eigenvalue weighted by atomic mass is 10.4. The molecular weight excluding hydrogens is 263 g/mol. The van der Waals surface area contributed by atoms with E-state index in [-0.39, 0.29) is 6.54 Å². The van der Waals surface area contributed by atoms with Crippen LogP contribution in [0, 0.1) is 0 Å². The molecule has 0 aliphatic heterocycles. The van der Waals surface area contributed by atoms with Gasteiger partial charge in [-0.2, -0.15) is 13.2 Å². The van der Waals surface area contributed by atoms with Crippen LogP contribution in [0.1, 0.15) is 6.42 Å². The second-order valence-electron chi connectivity index (χ2n) is 4.03. The Morgan fingerprint density at radius 3 is 2.33 bits per heavy atom. The standard InChI is InChI=1S/C12H16F3NOS/c1-16(8-7-12(13,14)15)9-10-18(17)11-5-3-2-4-6-11/h2-6H,7-10H2,1H3. The molecule has 0 bridgehead atoms. The molecule has 1 rings (SSSR count). The SMILES string of the molecule is CN(CCS(=O)c1ccccc1)CCC(F)(F)F. The van der Waals surface area contributed by atoms with E-state index in [4.69, 9.17) is 0 Å². The summed E-state index contributed by atoms with van der Waals surface area (Å²) in [5.74, 6) is 0.346. The van der Waals surface area contributed by atoms with Crippen LogP contribution in [0.25, 0.3) is 0 Å². The van der Waals surface area contributed by atoms with Crippen LogP contribution < -0.4 is 0 Å². The smallest absolute Gasteiger partial charge is 0.305 e. The molecule has 0 amide bonds. The lowest BCUT2D eigenvalue weighted by molar-refractivity contribution is -0.137. The Kier molecular flexibility index (Phi) is 5.81. The van der Waals surface area contributed by atoms with Crippen molar-refractivity contribution in [1.82, 2.24) is 4.90 Å². The summed E-state index contributed by atoms with van der Waals surface area (Å²) in [5, 5.41) is 0. The summed E-state index contributed by atoms with van der Waals surface area (Å²) in [4.78, 5) is 2.26. The summed E-state index contributed by atoms with van der Waals surface area (Å²) in [6, 6.07) is 8.93. The van der Waals surface area contributed by atoms with Gasteiger partial charge < -0.3 is 4.90 Å². The van der Waals surface area contributed by atoms with Crippen LogP contribution in [0.3, 0.4) is 0 Å². The van der Waals surface area contributed by atoms with E-state index in [9.17, 15) is 17.4 Å². The fourth-order valence-corrected chi connectivity index (χ4v) is 2.53. The predicted molar refractivity (Wildman–Crippen MR) is 65.9 cm³/mol. The molecule has 1 aromatic carbocycles. The molecule has 0 saturated heterocycles. The highest BCUT2D eigenvalue weighted by molar-refractivity contribution is 7.85. The van der Waals surface area contributed by atoms with Crippen molar-refractivity contribution in [2.45, 2.75) is 17.5 Å². The topological polar surface area (TPSA) is 20.3 Å². The molecule has 0 spiro atoms. The molecule has 18 heavy (non-hydrogen) atoms. The first-order chi connectivity index (χ1) is 8.38. The van der Waals surface area contributed by atoms with Crippen LogP contribution in [0.15, 0.2) is 35.2 Å². The summed E-state index contributed by atoms with van der Waals surface area (Å²) < 4.78 is 47.8. The van der Waals surface area contributed by atoms with Crippen LogP contribution in [-0.2, 0) is 10.8 Å². The van der Waals surface area contributed by atoms with Gasteiger partial charge in [0.1, 0.15) is 0 Å². The van der Waals surface area contributed by atoms with Crippen LogP contribution in [-0.4, -0.2) is 41.2 Å². The summed E-state index contributed by atoms with van der Waals surface area (Å²) in [5.41, 5.74) is 0. The highest BCUT2D eigenvalue weighted by atomic mass is 32.2. The number of hydrogen-bond acceptors (Lipinski definition) is 2. The van der Waals surface area contributed by atoms with Gasteiger partial charge in [-0.15, -0.1) is 0 Å². The third kappa shape index (κ3) is 6.16. The van der Waals surface area contributed by atoms with Gasteiger partial charge in [0.25, 0.3) is 0 Å². The van der Waals surface area contributed by atoms with Gasteiger partial charge >= 0.3 is 6.18 Å². The Morgan fingerprint density at radius 2 is 1.78 bits per heavy atom. The van der Waals surface area contributed by atoms with Crippen molar-refractivity contribution in [3.8, 4) is 0 Å². The van der Waals surface area contributed by atoms with E-state index in [1.54, 1.807) is 36.2 Å². The van der Waals surface area contributed by atoms with Gasteiger partial charge in [0, 0.05) is 23.7 Å². The Morgan fingerprint density at radius 1 is 1.17 bits per heavy atom. The largest absolute Gasteiger partial charge is 0.390 e. The second kappa shape index (κ2) is 6.89. The zero-order valence-electron chi connectivity index (χ0n) is 10.1. The van der Waals surface area contributed by atoms with Gasteiger partial charge in [-0.05, 0) is 19.2 Å². The highest BCUT2D eigenvalue weighted by Gasteiger charge is 2.27. The maximum atomic E-state index is 12.0.